The van der Waals surface area contributed by atoms with E-state index in [1.54, 1.807) is 28.4 Å². The Morgan fingerprint density at radius 3 is 1.36 bits per heavy atom. The molecule has 2 aromatic rings. The van der Waals surface area contributed by atoms with Crippen molar-refractivity contribution in [3.63, 3.8) is 0 Å². The van der Waals surface area contributed by atoms with Crippen molar-refractivity contribution < 1.29 is 28.4 Å². The lowest BCUT2D eigenvalue weighted by Gasteiger charge is -2.18. The number of ether oxygens (including phenoxy) is 6. The lowest BCUT2D eigenvalue weighted by molar-refractivity contribution is 0.0191. The highest BCUT2D eigenvalue weighted by molar-refractivity contribution is 5.45. The molecule has 4 atom stereocenters. The topological polar surface area (TPSA) is 55.4 Å². The van der Waals surface area contributed by atoms with Crippen LogP contribution >= 0.6 is 0 Å². The Morgan fingerprint density at radius 2 is 1.00 bits per heavy atom. The molecule has 2 aliphatic heterocycles. The fraction of sp³-hybridized carbons (Fsp3) is 0.455. The normalized spacial score (nSPS) is 26.0. The summed E-state index contributed by atoms with van der Waals surface area (Å²) in [6.45, 7) is 1.31. The first-order valence-electron chi connectivity index (χ1n) is 9.37. The molecule has 150 valence electrons. The van der Waals surface area contributed by atoms with Gasteiger partial charge in [0.25, 0.3) is 0 Å². The average molecular weight is 386 g/mol. The summed E-state index contributed by atoms with van der Waals surface area (Å²) in [6.07, 6.45) is -0.0371. The van der Waals surface area contributed by atoms with Crippen LogP contribution in [0.4, 0.5) is 0 Å². The van der Waals surface area contributed by atoms with Crippen molar-refractivity contribution in [2.75, 3.05) is 41.7 Å². The van der Waals surface area contributed by atoms with E-state index in [-0.39, 0.29) is 24.0 Å². The molecular formula is C22H26O6. The summed E-state index contributed by atoms with van der Waals surface area (Å²) in [5.41, 5.74) is 2.17. The van der Waals surface area contributed by atoms with E-state index in [9.17, 15) is 0 Å². The van der Waals surface area contributed by atoms with Gasteiger partial charge in [0.05, 0.1) is 53.9 Å². The number of benzene rings is 2. The van der Waals surface area contributed by atoms with E-state index in [0.717, 1.165) is 11.1 Å². The van der Waals surface area contributed by atoms with Crippen molar-refractivity contribution in [2.45, 2.75) is 12.2 Å². The van der Waals surface area contributed by atoms with Crippen LogP contribution in [-0.2, 0) is 9.47 Å². The summed E-state index contributed by atoms with van der Waals surface area (Å²) in [5, 5.41) is 0. The Kier molecular flexibility index (Phi) is 5.33. The first-order chi connectivity index (χ1) is 13.7. The SMILES string of the molecule is COc1ccc([C@H]2OCC3C2CO[C@H]3c2ccc(OC)c(OC)c2)cc1OC. The van der Waals surface area contributed by atoms with Crippen LogP contribution in [0, 0.1) is 11.8 Å². The molecule has 6 nitrogen and oxygen atoms in total. The number of hydrogen-bond acceptors (Lipinski definition) is 6. The molecule has 2 unspecified atom stereocenters. The smallest absolute Gasteiger partial charge is 0.161 e. The molecule has 0 aromatic heterocycles. The Bertz CT molecular complexity index is 766. The standard InChI is InChI=1S/C22H26O6/c1-23-17-7-5-13(9-19(17)25-3)21-15-11-28-22(16(15)12-27-21)14-6-8-18(24-2)20(10-14)26-4/h5-10,15-16,21-22H,11-12H2,1-4H3/t15?,16?,21-,22+. The van der Waals surface area contributed by atoms with E-state index in [1.165, 1.54) is 0 Å². The summed E-state index contributed by atoms with van der Waals surface area (Å²) in [6, 6.07) is 11.9. The highest BCUT2D eigenvalue weighted by atomic mass is 16.5. The molecular weight excluding hydrogens is 360 g/mol. The molecule has 28 heavy (non-hydrogen) atoms. The minimum Gasteiger partial charge on any atom is -0.493 e. The molecule has 0 bridgehead atoms. The number of rotatable bonds is 6. The summed E-state index contributed by atoms with van der Waals surface area (Å²) >= 11 is 0. The van der Waals surface area contributed by atoms with E-state index in [2.05, 4.69) is 0 Å². The maximum Gasteiger partial charge on any atom is 0.161 e. The Balaban J connectivity index is 1.57. The van der Waals surface area contributed by atoms with Gasteiger partial charge in [-0.15, -0.1) is 0 Å². The zero-order valence-corrected chi connectivity index (χ0v) is 16.6. The molecule has 0 radical (unpaired) electrons. The molecule has 0 N–H and O–H groups in total. The minimum atomic E-state index is -0.0186. The van der Waals surface area contributed by atoms with Crippen LogP contribution in [0.3, 0.4) is 0 Å². The first-order valence-corrected chi connectivity index (χ1v) is 9.37. The third-order valence-electron chi connectivity index (χ3n) is 5.74. The second kappa shape index (κ2) is 7.89. The van der Waals surface area contributed by atoms with Gasteiger partial charge in [0.2, 0.25) is 0 Å². The van der Waals surface area contributed by atoms with Gasteiger partial charge in [0.1, 0.15) is 0 Å². The molecule has 2 saturated heterocycles. The highest BCUT2D eigenvalue weighted by Crippen LogP contribution is 2.51. The summed E-state index contributed by atoms with van der Waals surface area (Å²) in [7, 11) is 6.56. The molecule has 2 fully saturated rings. The van der Waals surface area contributed by atoms with Crippen molar-refractivity contribution in [1.82, 2.24) is 0 Å². The van der Waals surface area contributed by atoms with Gasteiger partial charge in [-0.3, -0.25) is 0 Å². The zero-order chi connectivity index (χ0) is 19.7. The van der Waals surface area contributed by atoms with Gasteiger partial charge in [-0.05, 0) is 35.4 Å². The highest BCUT2D eigenvalue weighted by Gasteiger charge is 2.48. The average Bonchev–Trinajstić information content (AvgIpc) is 3.35. The molecule has 4 rings (SSSR count). The molecule has 0 amide bonds. The van der Waals surface area contributed by atoms with Crippen LogP contribution in [0.1, 0.15) is 23.3 Å². The molecule has 6 heteroatoms. The molecule has 0 spiro atoms. The lowest BCUT2D eigenvalue weighted by atomic mass is 9.85. The second-order valence-electron chi connectivity index (χ2n) is 7.06. The minimum absolute atomic E-state index is 0.0186. The first kappa shape index (κ1) is 18.9. The van der Waals surface area contributed by atoms with Crippen LogP contribution in [-0.4, -0.2) is 41.7 Å². The van der Waals surface area contributed by atoms with Gasteiger partial charge in [-0.25, -0.2) is 0 Å². The molecule has 2 aliphatic rings. The lowest BCUT2D eigenvalue weighted by Crippen LogP contribution is -2.14. The van der Waals surface area contributed by atoms with Gasteiger partial charge in [-0.1, -0.05) is 12.1 Å². The van der Waals surface area contributed by atoms with Gasteiger partial charge in [-0.2, -0.15) is 0 Å². The Labute approximate surface area is 165 Å². The quantitative estimate of drug-likeness (QED) is 0.753. The largest absolute Gasteiger partial charge is 0.493 e. The summed E-state index contributed by atoms with van der Waals surface area (Å²) in [5.74, 6) is 3.43. The maximum atomic E-state index is 6.20. The number of fused-ring (bicyclic) bond motifs is 1. The van der Waals surface area contributed by atoms with Gasteiger partial charge >= 0.3 is 0 Å². The third kappa shape index (κ3) is 3.16. The van der Waals surface area contributed by atoms with Crippen molar-refractivity contribution in [3.8, 4) is 23.0 Å². The van der Waals surface area contributed by atoms with E-state index < -0.39 is 0 Å². The van der Waals surface area contributed by atoms with Crippen molar-refractivity contribution in [2.24, 2.45) is 11.8 Å². The van der Waals surface area contributed by atoms with Crippen LogP contribution in [0.5, 0.6) is 23.0 Å². The third-order valence-corrected chi connectivity index (χ3v) is 5.74. The maximum absolute atomic E-state index is 6.20. The number of hydrogen-bond donors (Lipinski definition) is 0. The Morgan fingerprint density at radius 1 is 0.607 bits per heavy atom. The molecule has 2 heterocycles. The van der Waals surface area contributed by atoms with Crippen LogP contribution in [0.15, 0.2) is 36.4 Å². The van der Waals surface area contributed by atoms with Crippen LogP contribution < -0.4 is 18.9 Å². The molecule has 0 aliphatic carbocycles. The number of methoxy groups -OCH3 is 4. The Hall–Kier alpha value is -2.44. The van der Waals surface area contributed by atoms with Gasteiger partial charge in [0, 0.05) is 11.8 Å². The predicted octanol–water partition coefficient (Wildman–Crippen LogP) is 3.80. The second-order valence-corrected chi connectivity index (χ2v) is 7.06. The van der Waals surface area contributed by atoms with Crippen LogP contribution in [0.25, 0.3) is 0 Å². The van der Waals surface area contributed by atoms with E-state index in [0.29, 0.717) is 36.2 Å². The summed E-state index contributed by atoms with van der Waals surface area (Å²) in [4.78, 5) is 0. The molecule has 0 saturated carbocycles. The monoisotopic (exact) mass is 386 g/mol. The fourth-order valence-electron chi connectivity index (χ4n) is 4.29. The summed E-state index contributed by atoms with van der Waals surface area (Å²) < 4.78 is 34.0. The van der Waals surface area contributed by atoms with Crippen molar-refractivity contribution >= 4 is 0 Å². The van der Waals surface area contributed by atoms with Gasteiger partial charge in [0.15, 0.2) is 23.0 Å². The van der Waals surface area contributed by atoms with Crippen molar-refractivity contribution in [1.29, 1.82) is 0 Å². The van der Waals surface area contributed by atoms with Gasteiger partial charge < -0.3 is 28.4 Å². The van der Waals surface area contributed by atoms with E-state index in [4.69, 9.17) is 28.4 Å². The molecule has 2 aromatic carbocycles. The van der Waals surface area contributed by atoms with Crippen LogP contribution in [0.2, 0.25) is 0 Å². The zero-order valence-electron chi connectivity index (χ0n) is 16.6. The van der Waals surface area contributed by atoms with E-state index in [1.807, 2.05) is 36.4 Å². The fourth-order valence-corrected chi connectivity index (χ4v) is 4.29. The van der Waals surface area contributed by atoms with E-state index >= 15 is 0 Å². The predicted molar refractivity (Wildman–Crippen MR) is 103 cm³/mol. The van der Waals surface area contributed by atoms with Crippen molar-refractivity contribution in [3.05, 3.63) is 47.5 Å².